The third kappa shape index (κ3) is 4.58. The Hall–Kier alpha value is -3.56. The molecule has 0 saturated heterocycles. The standard InChI is InChI=1S/C18H11F5N4O/c19-13-6-5-12(9-14(13)20)26-17-24-8-7-15(27-17)16(28)25-11-3-1-10(2-4-11)18(21,22)23/h1-9H,(H,25,28)(H,24,26,27). The van der Waals surface area contributed by atoms with Gasteiger partial charge in [0.2, 0.25) is 5.95 Å². The average Bonchev–Trinajstić information content (AvgIpc) is 2.65. The molecule has 0 aliphatic carbocycles. The Morgan fingerprint density at radius 1 is 0.893 bits per heavy atom. The van der Waals surface area contributed by atoms with E-state index in [0.717, 1.165) is 36.4 Å². The first kappa shape index (κ1) is 19.2. The molecule has 0 aliphatic heterocycles. The average molecular weight is 394 g/mol. The lowest BCUT2D eigenvalue weighted by Crippen LogP contribution is -2.15. The highest BCUT2D eigenvalue weighted by Crippen LogP contribution is 2.29. The molecule has 1 aromatic heterocycles. The van der Waals surface area contributed by atoms with E-state index < -0.39 is 29.3 Å². The van der Waals surface area contributed by atoms with Crippen LogP contribution in [0.4, 0.5) is 39.3 Å². The van der Waals surface area contributed by atoms with Crippen LogP contribution >= 0.6 is 0 Å². The normalized spacial score (nSPS) is 11.2. The van der Waals surface area contributed by atoms with E-state index in [1.54, 1.807) is 0 Å². The van der Waals surface area contributed by atoms with Crippen molar-refractivity contribution >= 4 is 23.2 Å². The van der Waals surface area contributed by atoms with Crippen LogP contribution in [0.1, 0.15) is 16.1 Å². The smallest absolute Gasteiger partial charge is 0.324 e. The van der Waals surface area contributed by atoms with Crippen LogP contribution in [0, 0.1) is 11.6 Å². The molecule has 0 atom stereocenters. The molecule has 2 N–H and O–H groups in total. The second-order valence-corrected chi connectivity index (χ2v) is 5.55. The molecule has 0 fully saturated rings. The second kappa shape index (κ2) is 7.59. The van der Waals surface area contributed by atoms with Crippen LogP contribution in [-0.2, 0) is 6.18 Å². The summed E-state index contributed by atoms with van der Waals surface area (Å²) >= 11 is 0. The Labute approximate surface area is 155 Å². The van der Waals surface area contributed by atoms with E-state index in [2.05, 4.69) is 20.6 Å². The highest BCUT2D eigenvalue weighted by atomic mass is 19.4. The zero-order chi connectivity index (χ0) is 20.3. The fourth-order valence-corrected chi connectivity index (χ4v) is 2.19. The van der Waals surface area contributed by atoms with Crippen molar-refractivity contribution in [1.82, 2.24) is 9.97 Å². The van der Waals surface area contributed by atoms with Gasteiger partial charge in [0.25, 0.3) is 5.91 Å². The van der Waals surface area contributed by atoms with Gasteiger partial charge in [-0.1, -0.05) is 0 Å². The predicted octanol–water partition coefficient (Wildman–Crippen LogP) is 4.77. The molecule has 28 heavy (non-hydrogen) atoms. The molecule has 3 aromatic rings. The van der Waals surface area contributed by atoms with E-state index in [-0.39, 0.29) is 23.0 Å². The maximum atomic E-state index is 13.2. The number of rotatable bonds is 4. The number of hydrogen-bond donors (Lipinski definition) is 2. The molecule has 0 bridgehead atoms. The Morgan fingerprint density at radius 2 is 1.57 bits per heavy atom. The zero-order valence-electron chi connectivity index (χ0n) is 13.9. The van der Waals surface area contributed by atoms with Gasteiger partial charge >= 0.3 is 6.18 Å². The molecule has 1 amide bonds. The number of nitrogens with zero attached hydrogens (tertiary/aromatic N) is 2. The van der Waals surface area contributed by atoms with Crippen molar-refractivity contribution in [2.75, 3.05) is 10.6 Å². The molecule has 0 unspecified atom stereocenters. The summed E-state index contributed by atoms with van der Waals surface area (Å²) in [6, 6.07) is 8.26. The van der Waals surface area contributed by atoms with Crippen molar-refractivity contribution in [3.05, 3.63) is 77.6 Å². The lowest BCUT2D eigenvalue weighted by Gasteiger charge is -2.09. The summed E-state index contributed by atoms with van der Waals surface area (Å²) in [5, 5.41) is 5.03. The van der Waals surface area contributed by atoms with Gasteiger partial charge in [0, 0.05) is 23.6 Å². The number of carbonyl (C=O) groups is 1. The molecular weight excluding hydrogens is 383 g/mol. The van der Waals surface area contributed by atoms with Crippen LogP contribution < -0.4 is 10.6 Å². The van der Waals surface area contributed by atoms with Crippen molar-refractivity contribution in [3.8, 4) is 0 Å². The minimum Gasteiger partial charge on any atom is -0.324 e. The summed E-state index contributed by atoms with van der Waals surface area (Å²) in [5.41, 5.74) is -0.614. The molecule has 5 nitrogen and oxygen atoms in total. The molecule has 0 aliphatic rings. The third-order valence-corrected chi connectivity index (χ3v) is 3.53. The molecule has 0 saturated carbocycles. The Bertz CT molecular complexity index is 1010. The molecule has 144 valence electrons. The van der Waals surface area contributed by atoms with Crippen LogP contribution in [0.2, 0.25) is 0 Å². The van der Waals surface area contributed by atoms with Gasteiger partial charge in [0.05, 0.1) is 5.56 Å². The Morgan fingerprint density at radius 3 is 2.21 bits per heavy atom. The van der Waals surface area contributed by atoms with Crippen molar-refractivity contribution in [2.24, 2.45) is 0 Å². The third-order valence-electron chi connectivity index (χ3n) is 3.53. The number of alkyl halides is 3. The van der Waals surface area contributed by atoms with Gasteiger partial charge in [-0.3, -0.25) is 4.79 Å². The number of halogens is 5. The number of carbonyl (C=O) groups excluding carboxylic acids is 1. The predicted molar refractivity (Wildman–Crippen MR) is 91.1 cm³/mol. The number of aromatic nitrogens is 2. The lowest BCUT2D eigenvalue weighted by atomic mass is 10.2. The maximum Gasteiger partial charge on any atom is 0.416 e. The monoisotopic (exact) mass is 394 g/mol. The van der Waals surface area contributed by atoms with Crippen molar-refractivity contribution < 1.29 is 26.7 Å². The van der Waals surface area contributed by atoms with E-state index in [1.165, 1.54) is 18.3 Å². The second-order valence-electron chi connectivity index (χ2n) is 5.55. The number of benzene rings is 2. The van der Waals surface area contributed by atoms with E-state index in [4.69, 9.17) is 0 Å². The van der Waals surface area contributed by atoms with Crippen molar-refractivity contribution in [2.45, 2.75) is 6.18 Å². The first-order valence-electron chi connectivity index (χ1n) is 7.76. The molecule has 2 aromatic carbocycles. The van der Waals surface area contributed by atoms with Gasteiger partial charge < -0.3 is 10.6 Å². The van der Waals surface area contributed by atoms with E-state index in [0.29, 0.717) is 0 Å². The van der Waals surface area contributed by atoms with E-state index in [9.17, 15) is 26.7 Å². The van der Waals surface area contributed by atoms with Crippen molar-refractivity contribution in [3.63, 3.8) is 0 Å². The largest absolute Gasteiger partial charge is 0.416 e. The lowest BCUT2D eigenvalue weighted by molar-refractivity contribution is -0.137. The SMILES string of the molecule is O=C(Nc1ccc(C(F)(F)F)cc1)c1ccnc(Nc2ccc(F)c(F)c2)n1. The number of anilines is 3. The van der Waals surface area contributed by atoms with Gasteiger partial charge in [0.15, 0.2) is 11.6 Å². The van der Waals surface area contributed by atoms with Crippen LogP contribution in [0.15, 0.2) is 54.7 Å². The molecular formula is C18H11F5N4O. The highest BCUT2D eigenvalue weighted by molar-refractivity contribution is 6.03. The van der Waals surface area contributed by atoms with Gasteiger partial charge in [-0.05, 0) is 42.5 Å². The minimum absolute atomic E-state index is 0.0499. The summed E-state index contributed by atoms with van der Waals surface area (Å²) in [6.07, 6.45) is -3.22. The van der Waals surface area contributed by atoms with Gasteiger partial charge in [-0.15, -0.1) is 0 Å². The minimum atomic E-state index is -4.48. The van der Waals surface area contributed by atoms with Crippen LogP contribution in [-0.4, -0.2) is 15.9 Å². The topological polar surface area (TPSA) is 66.9 Å². The number of nitrogens with one attached hydrogen (secondary N) is 2. The summed E-state index contributed by atoms with van der Waals surface area (Å²) < 4.78 is 63.9. The van der Waals surface area contributed by atoms with E-state index in [1.807, 2.05) is 0 Å². The zero-order valence-corrected chi connectivity index (χ0v) is 13.9. The van der Waals surface area contributed by atoms with Crippen LogP contribution in [0.25, 0.3) is 0 Å². The van der Waals surface area contributed by atoms with Crippen LogP contribution in [0.5, 0.6) is 0 Å². The maximum absolute atomic E-state index is 13.2. The molecule has 0 radical (unpaired) electrons. The first-order valence-corrected chi connectivity index (χ1v) is 7.76. The van der Waals surface area contributed by atoms with Gasteiger partial charge in [-0.25, -0.2) is 18.7 Å². The molecule has 0 spiro atoms. The molecule has 1 heterocycles. The summed E-state index contributed by atoms with van der Waals surface area (Å²) in [5.74, 6) is -2.82. The highest BCUT2D eigenvalue weighted by Gasteiger charge is 2.30. The first-order chi connectivity index (χ1) is 13.2. The van der Waals surface area contributed by atoms with Crippen LogP contribution in [0.3, 0.4) is 0 Å². The fourth-order valence-electron chi connectivity index (χ4n) is 2.19. The summed E-state index contributed by atoms with van der Waals surface area (Å²) in [6.45, 7) is 0. The Balaban J connectivity index is 1.72. The summed E-state index contributed by atoms with van der Waals surface area (Å²) in [4.78, 5) is 20.1. The Kier molecular flexibility index (Phi) is 5.21. The van der Waals surface area contributed by atoms with E-state index >= 15 is 0 Å². The molecule has 3 rings (SSSR count). The van der Waals surface area contributed by atoms with Crippen molar-refractivity contribution in [1.29, 1.82) is 0 Å². The number of amides is 1. The van der Waals surface area contributed by atoms with Gasteiger partial charge in [-0.2, -0.15) is 13.2 Å². The summed E-state index contributed by atoms with van der Waals surface area (Å²) in [7, 11) is 0. The fraction of sp³-hybridized carbons (Fsp3) is 0.0556. The molecule has 10 heteroatoms. The quantitative estimate of drug-likeness (QED) is 0.626. The van der Waals surface area contributed by atoms with Gasteiger partial charge in [0.1, 0.15) is 5.69 Å². The number of hydrogen-bond acceptors (Lipinski definition) is 4.